The molecule has 4 nitrogen and oxygen atoms in total. The van der Waals surface area contributed by atoms with Gasteiger partial charge >= 0.3 is 0 Å². The summed E-state index contributed by atoms with van der Waals surface area (Å²) in [6, 6.07) is 13.2. The van der Waals surface area contributed by atoms with Gasteiger partial charge in [-0.15, -0.1) is 0 Å². The maximum absolute atomic E-state index is 11.9. The van der Waals surface area contributed by atoms with Gasteiger partial charge in [-0.1, -0.05) is 30.3 Å². The van der Waals surface area contributed by atoms with Crippen molar-refractivity contribution in [1.82, 2.24) is 5.32 Å². The first-order chi connectivity index (χ1) is 9.69. The predicted molar refractivity (Wildman–Crippen MR) is 74.6 cm³/mol. The average Bonchev–Trinajstić information content (AvgIpc) is 2.47. The highest BCUT2D eigenvalue weighted by atomic mass is 16.5. The van der Waals surface area contributed by atoms with Crippen LogP contribution in [0.5, 0.6) is 5.75 Å². The van der Waals surface area contributed by atoms with Crippen molar-refractivity contribution >= 4 is 11.8 Å². The Morgan fingerprint density at radius 3 is 2.65 bits per heavy atom. The molecular formula is C16H13NO3. The van der Waals surface area contributed by atoms with E-state index in [9.17, 15) is 9.59 Å². The van der Waals surface area contributed by atoms with Crippen molar-refractivity contribution in [3.63, 3.8) is 0 Å². The lowest BCUT2D eigenvalue weighted by molar-refractivity contribution is -0.119. The highest BCUT2D eigenvalue weighted by Gasteiger charge is 2.22. The Labute approximate surface area is 116 Å². The number of nitrogens with one attached hydrogen (secondary N) is 1. The topological polar surface area (TPSA) is 55.4 Å². The van der Waals surface area contributed by atoms with Gasteiger partial charge in [-0.25, -0.2) is 0 Å². The zero-order chi connectivity index (χ0) is 14.1. The first-order valence-corrected chi connectivity index (χ1v) is 6.29. The van der Waals surface area contributed by atoms with Crippen LogP contribution < -0.4 is 10.1 Å². The molecule has 0 aromatic heterocycles. The zero-order valence-corrected chi connectivity index (χ0v) is 11.0. The van der Waals surface area contributed by atoms with Gasteiger partial charge in [0.1, 0.15) is 5.75 Å². The van der Waals surface area contributed by atoms with E-state index in [0.717, 1.165) is 22.4 Å². The van der Waals surface area contributed by atoms with Crippen molar-refractivity contribution in [2.75, 3.05) is 7.11 Å². The highest BCUT2D eigenvalue weighted by molar-refractivity contribution is 6.10. The first kappa shape index (κ1) is 12.4. The first-order valence-electron chi connectivity index (χ1n) is 6.29. The molecule has 0 saturated heterocycles. The van der Waals surface area contributed by atoms with Crippen molar-refractivity contribution in [3.8, 4) is 16.9 Å². The Morgan fingerprint density at radius 1 is 1.05 bits per heavy atom. The summed E-state index contributed by atoms with van der Waals surface area (Å²) in [6.45, 7) is 0. The lowest BCUT2D eigenvalue weighted by atomic mass is 9.94. The van der Waals surface area contributed by atoms with Gasteiger partial charge in [0.2, 0.25) is 5.91 Å². The van der Waals surface area contributed by atoms with Gasteiger partial charge in [-0.3, -0.25) is 14.9 Å². The third-order valence-electron chi connectivity index (χ3n) is 3.38. The number of amides is 2. The maximum atomic E-state index is 11.9. The summed E-state index contributed by atoms with van der Waals surface area (Å²) in [5.41, 5.74) is 3.12. The van der Waals surface area contributed by atoms with Crippen LogP contribution >= 0.6 is 0 Å². The Balaban J connectivity index is 2.11. The fraction of sp³-hybridized carbons (Fsp3) is 0.125. The van der Waals surface area contributed by atoms with Gasteiger partial charge < -0.3 is 4.74 Å². The largest absolute Gasteiger partial charge is 0.496 e. The Bertz CT molecular complexity index is 707. The summed E-state index contributed by atoms with van der Waals surface area (Å²) in [6.07, 6.45) is 0.243. The van der Waals surface area contributed by atoms with Gasteiger partial charge in [0.25, 0.3) is 5.91 Å². The molecule has 1 heterocycles. The Morgan fingerprint density at radius 2 is 1.85 bits per heavy atom. The molecule has 0 fully saturated rings. The van der Waals surface area contributed by atoms with Crippen molar-refractivity contribution in [1.29, 1.82) is 0 Å². The van der Waals surface area contributed by atoms with Gasteiger partial charge in [-0.2, -0.15) is 0 Å². The number of carbonyl (C=O) groups excluding carboxylic acids is 2. The lowest BCUT2D eigenvalue weighted by Gasteiger charge is -2.17. The molecule has 2 aromatic rings. The maximum Gasteiger partial charge on any atom is 0.258 e. The minimum absolute atomic E-state index is 0.243. The second-order valence-corrected chi connectivity index (χ2v) is 4.63. The summed E-state index contributed by atoms with van der Waals surface area (Å²) in [5, 5.41) is 2.33. The number of hydrogen-bond donors (Lipinski definition) is 1. The second kappa shape index (κ2) is 4.81. The number of methoxy groups -OCH3 is 1. The van der Waals surface area contributed by atoms with Crippen molar-refractivity contribution in [2.45, 2.75) is 6.42 Å². The van der Waals surface area contributed by atoms with E-state index in [1.54, 1.807) is 13.2 Å². The fourth-order valence-electron chi connectivity index (χ4n) is 2.40. The molecule has 1 aliphatic heterocycles. The summed E-state index contributed by atoms with van der Waals surface area (Å²) in [4.78, 5) is 23.2. The summed E-state index contributed by atoms with van der Waals surface area (Å²) < 4.78 is 5.33. The molecule has 2 aromatic carbocycles. The number of rotatable bonds is 2. The highest BCUT2D eigenvalue weighted by Crippen LogP contribution is 2.31. The molecule has 20 heavy (non-hydrogen) atoms. The van der Waals surface area contributed by atoms with Crippen LogP contribution in [0.15, 0.2) is 42.5 Å². The number of benzene rings is 2. The molecule has 1 N–H and O–H groups in total. The molecule has 0 radical (unpaired) electrons. The molecule has 0 atom stereocenters. The van der Waals surface area contributed by atoms with Crippen LogP contribution in [0.3, 0.4) is 0 Å². The molecule has 0 spiro atoms. The van der Waals surface area contributed by atoms with Crippen LogP contribution in [-0.2, 0) is 11.2 Å². The van der Waals surface area contributed by atoms with E-state index in [-0.39, 0.29) is 18.2 Å². The lowest BCUT2D eigenvalue weighted by Crippen LogP contribution is -2.37. The Hall–Kier alpha value is -2.62. The molecule has 0 bridgehead atoms. The molecule has 0 saturated carbocycles. The molecule has 0 aliphatic carbocycles. The van der Waals surface area contributed by atoms with Gasteiger partial charge in [0.15, 0.2) is 0 Å². The molecule has 4 heteroatoms. The van der Waals surface area contributed by atoms with Crippen LogP contribution in [0, 0.1) is 0 Å². The Kier molecular flexibility index (Phi) is 2.99. The third kappa shape index (κ3) is 2.05. The number of imide groups is 1. The average molecular weight is 267 g/mol. The number of para-hydroxylation sites is 1. The van der Waals surface area contributed by atoms with E-state index in [2.05, 4.69) is 5.32 Å². The summed E-state index contributed by atoms with van der Waals surface area (Å²) >= 11 is 0. The van der Waals surface area contributed by atoms with Crippen molar-refractivity contribution < 1.29 is 14.3 Å². The van der Waals surface area contributed by atoms with Crippen LogP contribution in [0.25, 0.3) is 11.1 Å². The van der Waals surface area contributed by atoms with E-state index in [1.165, 1.54) is 0 Å². The van der Waals surface area contributed by atoms with Gasteiger partial charge in [0, 0.05) is 11.1 Å². The quantitative estimate of drug-likeness (QED) is 0.848. The SMILES string of the molecule is COc1ccccc1-c1ccc2c(c1)C(=O)NC(=O)C2. The molecule has 3 rings (SSSR count). The second-order valence-electron chi connectivity index (χ2n) is 4.63. The van der Waals surface area contributed by atoms with E-state index < -0.39 is 0 Å². The molecule has 100 valence electrons. The van der Waals surface area contributed by atoms with Crippen LogP contribution in [0.1, 0.15) is 15.9 Å². The minimum Gasteiger partial charge on any atom is -0.496 e. The van der Waals surface area contributed by atoms with E-state index >= 15 is 0 Å². The number of hydrogen-bond acceptors (Lipinski definition) is 3. The van der Waals surface area contributed by atoms with E-state index in [4.69, 9.17) is 4.74 Å². The molecule has 0 unspecified atom stereocenters. The fourth-order valence-corrected chi connectivity index (χ4v) is 2.40. The monoisotopic (exact) mass is 267 g/mol. The normalized spacial score (nSPS) is 13.7. The predicted octanol–water partition coefficient (Wildman–Crippen LogP) is 2.17. The van der Waals surface area contributed by atoms with Crippen LogP contribution in [-0.4, -0.2) is 18.9 Å². The minimum atomic E-state index is -0.340. The number of carbonyl (C=O) groups is 2. The standard InChI is InChI=1S/C16H13NO3/c1-20-14-5-3-2-4-12(14)10-6-7-11-9-15(18)17-16(19)13(11)8-10/h2-8H,9H2,1H3,(H,17,18,19). The van der Waals surface area contributed by atoms with Crippen LogP contribution in [0.4, 0.5) is 0 Å². The molecule has 1 aliphatic rings. The summed E-state index contributed by atoms with van der Waals surface area (Å²) in [7, 11) is 1.61. The van der Waals surface area contributed by atoms with E-state index in [1.807, 2.05) is 36.4 Å². The van der Waals surface area contributed by atoms with Crippen LogP contribution in [0.2, 0.25) is 0 Å². The van der Waals surface area contributed by atoms with E-state index in [0.29, 0.717) is 5.56 Å². The number of ether oxygens (including phenoxy) is 1. The van der Waals surface area contributed by atoms with Crippen molar-refractivity contribution in [3.05, 3.63) is 53.6 Å². The third-order valence-corrected chi connectivity index (χ3v) is 3.38. The van der Waals surface area contributed by atoms with Gasteiger partial charge in [0.05, 0.1) is 13.5 Å². The number of fused-ring (bicyclic) bond motifs is 1. The van der Waals surface area contributed by atoms with Gasteiger partial charge in [-0.05, 0) is 23.3 Å². The zero-order valence-electron chi connectivity index (χ0n) is 11.0. The smallest absolute Gasteiger partial charge is 0.258 e. The van der Waals surface area contributed by atoms with Crippen molar-refractivity contribution in [2.24, 2.45) is 0 Å². The molecule has 2 amide bonds. The summed E-state index contributed by atoms with van der Waals surface area (Å²) in [5.74, 6) is 0.153. The molecular weight excluding hydrogens is 254 g/mol.